The van der Waals surface area contributed by atoms with Crippen molar-refractivity contribution in [2.24, 2.45) is 0 Å². The van der Waals surface area contributed by atoms with Crippen LogP contribution in [0.3, 0.4) is 0 Å². The predicted octanol–water partition coefficient (Wildman–Crippen LogP) is 4.36. The van der Waals surface area contributed by atoms with Gasteiger partial charge in [-0.2, -0.15) is 0 Å². The molecule has 2 aromatic carbocycles. The molecule has 1 nitrogen and oxygen atoms in total. The van der Waals surface area contributed by atoms with E-state index in [1.54, 1.807) is 0 Å². The fourth-order valence-corrected chi connectivity index (χ4v) is 3.16. The highest BCUT2D eigenvalue weighted by Gasteiger charge is 2.09. The lowest BCUT2D eigenvalue weighted by Gasteiger charge is -2.16. The zero-order chi connectivity index (χ0) is 13.7. The van der Waals surface area contributed by atoms with Gasteiger partial charge in [0, 0.05) is 16.7 Å². The van der Waals surface area contributed by atoms with Crippen LogP contribution in [0.2, 0.25) is 0 Å². The largest absolute Gasteiger partial charge is 0.312 e. The molecule has 0 fully saturated rings. The predicted molar refractivity (Wildman–Crippen MR) is 84.9 cm³/mol. The number of thioether (sulfide) groups is 1. The highest BCUT2D eigenvalue weighted by atomic mass is 32.2. The minimum absolute atomic E-state index is 0.396. The van der Waals surface area contributed by atoms with Gasteiger partial charge in [-0.15, -0.1) is 11.8 Å². The van der Waals surface area contributed by atoms with Gasteiger partial charge in [0.15, 0.2) is 0 Å². The SMILES string of the molecule is CNC(CSc1ccc(C)c(C)c1)c1ccccc1. The first-order chi connectivity index (χ1) is 9.20. The molecule has 2 heteroatoms. The molecule has 0 saturated carbocycles. The Hall–Kier alpha value is -1.25. The summed E-state index contributed by atoms with van der Waals surface area (Å²) in [5.41, 5.74) is 4.07. The molecule has 0 spiro atoms. The Morgan fingerprint density at radius 3 is 2.37 bits per heavy atom. The molecule has 0 radical (unpaired) electrons. The molecule has 100 valence electrons. The number of hydrogen-bond donors (Lipinski definition) is 1. The first-order valence-corrected chi connectivity index (χ1v) is 7.61. The molecule has 2 rings (SSSR count). The maximum atomic E-state index is 3.39. The Morgan fingerprint density at radius 1 is 1.00 bits per heavy atom. The molecule has 0 aromatic heterocycles. The average Bonchev–Trinajstić information content (AvgIpc) is 2.44. The molecule has 19 heavy (non-hydrogen) atoms. The van der Waals surface area contributed by atoms with Crippen LogP contribution in [0, 0.1) is 13.8 Å². The molecule has 1 atom stereocenters. The topological polar surface area (TPSA) is 12.0 Å². The second-order valence-corrected chi connectivity index (χ2v) is 5.90. The number of benzene rings is 2. The summed E-state index contributed by atoms with van der Waals surface area (Å²) in [7, 11) is 2.03. The van der Waals surface area contributed by atoms with E-state index in [1.165, 1.54) is 21.6 Å². The normalized spacial score (nSPS) is 12.4. The van der Waals surface area contributed by atoms with E-state index in [-0.39, 0.29) is 0 Å². The maximum Gasteiger partial charge on any atom is 0.0412 e. The van der Waals surface area contributed by atoms with Crippen molar-refractivity contribution in [3.8, 4) is 0 Å². The number of aryl methyl sites for hydroxylation is 2. The van der Waals surface area contributed by atoms with Crippen molar-refractivity contribution < 1.29 is 0 Å². The minimum Gasteiger partial charge on any atom is -0.312 e. The monoisotopic (exact) mass is 271 g/mol. The summed E-state index contributed by atoms with van der Waals surface area (Å²) in [6.45, 7) is 4.33. The molecule has 0 heterocycles. The highest BCUT2D eigenvalue weighted by molar-refractivity contribution is 7.99. The summed E-state index contributed by atoms with van der Waals surface area (Å²) >= 11 is 1.91. The van der Waals surface area contributed by atoms with Crippen LogP contribution in [-0.4, -0.2) is 12.8 Å². The minimum atomic E-state index is 0.396. The van der Waals surface area contributed by atoms with Crippen molar-refractivity contribution in [3.05, 3.63) is 65.2 Å². The molecular weight excluding hydrogens is 250 g/mol. The van der Waals surface area contributed by atoms with E-state index >= 15 is 0 Å². The second-order valence-electron chi connectivity index (χ2n) is 4.81. The van der Waals surface area contributed by atoms with E-state index in [4.69, 9.17) is 0 Å². The van der Waals surface area contributed by atoms with Crippen molar-refractivity contribution in [1.29, 1.82) is 0 Å². The lowest BCUT2D eigenvalue weighted by atomic mass is 10.1. The van der Waals surface area contributed by atoms with Crippen LogP contribution in [0.25, 0.3) is 0 Å². The van der Waals surface area contributed by atoms with Crippen LogP contribution in [0.5, 0.6) is 0 Å². The van der Waals surface area contributed by atoms with Gasteiger partial charge in [0.05, 0.1) is 0 Å². The van der Waals surface area contributed by atoms with Crippen molar-refractivity contribution in [1.82, 2.24) is 5.32 Å². The van der Waals surface area contributed by atoms with Gasteiger partial charge in [-0.1, -0.05) is 36.4 Å². The number of nitrogens with one attached hydrogen (secondary N) is 1. The van der Waals surface area contributed by atoms with Gasteiger partial charge in [0.1, 0.15) is 0 Å². The fourth-order valence-electron chi connectivity index (χ4n) is 2.01. The van der Waals surface area contributed by atoms with Gasteiger partial charge in [-0.05, 0) is 49.7 Å². The third-order valence-corrected chi connectivity index (χ3v) is 4.53. The van der Waals surface area contributed by atoms with E-state index in [1.807, 2.05) is 18.8 Å². The van der Waals surface area contributed by atoms with Crippen molar-refractivity contribution >= 4 is 11.8 Å². The van der Waals surface area contributed by atoms with Crippen LogP contribution >= 0.6 is 11.8 Å². The summed E-state index contributed by atoms with van der Waals surface area (Å²) in [6, 6.07) is 17.7. The summed E-state index contributed by atoms with van der Waals surface area (Å²) in [5, 5.41) is 3.39. The molecule has 0 amide bonds. The van der Waals surface area contributed by atoms with Gasteiger partial charge in [0.25, 0.3) is 0 Å². The van der Waals surface area contributed by atoms with Gasteiger partial charge >= 0.3 is 0 Å². The van der Waals surface area contributed by atoms with Crippen LogP contribution < -0.4 is 5.32 Å². The zero-order valence-electron chi connectivity index (χ0n) is 11.8. The van der Waals surface area contributed by atoms with Crippen LogP contribution in [-0.2, 0) is 0 Å². The first-order valence-electron chi connectivity index (χ1n) is 6.63. The maximum absolute atomic E-state index is 3.39. The number of rotatable bonds is 5. The van der Waals surface area contributed by atoms with E-state index in [2.05, 4.69) is 67.7 Å². The van der Waals surface area contributed by atoms with Crippen LogP contribution in [0.15, 0.2) is 53.4 Å². The average molecular weight is 271 g/mol. The lowest BCUT2D eigenvalue weighted by Crippen LogP contribution is -2.18. The Kier molecular flexibility index (Phi) is 5.06. The summed E-state index contributed by atoms with van der Waals surface area (Å²) in [4.78, 5) is 1.35. The molecule has 0 bridgehead atoms. The van der Waals surface area contributed by atoms with Gasteiger partial charge in [-0.25, -0.2) is 0 Å². The van der Waals surface area contributed by atoms with Crippen LogP contribution in [0.4, 0.5) is 0 Å². The van der Waals surface area contributed by atoms with E-state index in [9.17, 15) is 0 Å². The zero-order valence-corrected chi connectivity index (χ0v) is 12.6. The Balaban J connectivity index is 2.02. The molecule has 0 aliphatic heterocycles. The Morgan fingerprint density at radius 2 is 1.74 bits per heavy atom. The summed E-state index contributed by atoms with van der Waals surface area (Å²) in [5.74, 6) is 1.04. The van der Waals surface area contributed by atoms with Crippen LogP contribution in [0.1, 0.15) is 22.7 Å². The molecule has 1 N–H and O–H groups in total. The van der Waals surface area contributed by atoms with Gasteiger partial charge in [0.2, 0.25) is 0 Å². The van der Waals surface area contributed by atoms with E-state index in [0.29, 0.717) is 6.04 Å². The Bertz CT molecular complexity index is 522. The Labute approximate surface area is 120 Å². The summed E-state index contributed by atoms with van der Waals surface area (Å²) in [6.07, 6.45) is 0. The molecule has 0 aliphatic rings. The molecule has 0 saturated heterocycles. The lowest BCUT2D eigenvalue weighted by molar-refractivity contribution is 0.662. The quantitative estimate of drug-likeness (QED) is 0.811. The first kappa shape index (κ1) is 14.2. The molecule has 2 aromatic rings. The highest BCUT2D eigenvalue weighted by Crippen LogP contribution is 2.26. The van der Waals surface area contributed by atoms with Crippen molar-refractivity contribution in [2.75, 3.05) is 12.8 Å². The van der Waals surface area contributed by atoms with Gasteiger partial charge in [-0.3, -0.25) is 0 Å². The summed E-state index contributed by atoms with van der Waals surface area (Å²) < 4.78 is 0. The third kappa shape index (κ3) is 3.85. The third-order valence-electron chi connectivity index (χ3n) is 3.45. The fraction of sp³-hybridized carbons (Fsp3) is 0.294. The van der Waals surface area contributed by atoms with Crippen molar-refractivity contribution in [2.45, 2.75) is 24.8 Å². The molecule has 1 unspecified atom stereocenters. The smallest absolute Gasteiger partial charge is 0.0412 e. The van der Waals surface area contributed by atoms with Gasteiger partial charge < -0.3 is 5.32 Å². The second kappa shape index (κ2) is 6.78. The number of hydrogen-bond acceptors (Lipinski definition) is 2. The molecule has 0 aliphatic carbocycles. The van der Waals surface area contributed by atoms with E-state index < -0.39 is 0 Å². The van der Waals surface area contributed by atoms with E-state index in [0.717, 1.165) is 5.75 Å². The van der Waals surface area contributed by atoms with Crippen molar-refractivity contribution in [3.63, 3.8) is 0 Å². The standard InChI is InChI=1S/C17H21NS/c1-13-9-10-16(11-14(13)2)19-12-17(18-3)15-7-5-4-6-8-15/h4-11,17-18H,12H2,1-3H3. The molecular formula is C17H21NS.